The molecule has 26 heavy (non-hydrogen) atoms. The molecule has 0 aliphatic rings. The largest absolute Gasteiger partial charge is 0.465 e. The summed E-state index contributed by atoms with van der Waals surface area (Å²) in [5, 5.41) is 0.131. The Morgan fingerprint density at radius 1 is 1.00 bits per heavy atom. The highest BCUT2D eigenvalue weighted by Crippen LogP contribution is 2.38. The van der Waals surface area contributed by atoms with Gasteiger partial charge in [-0.1, -0.05) is 29.8 Å². The molecule has 0 saturated carbocycles. The maximum Gasteiger partial charge on any atom is 0.343 e. The van der Waals surface area contributed by atoms with Crippen LogP contribution in [0.3, 0.4) is 0 Å². The van der Waals surface area contributed by atoms with E-state index < -0.39 is 11.9 Å². The summed E-state index contributed by atoms with van der Waals surface area (Å²) in [5.41, 5.74) is 1.15. The van der Waals surface area contributed by atoms with E-state index in [0.717, 1.165) is 0 Å². The molecule has 0 amide bonds. The first kappa shape index (κ1) is 18.2. The Kier molecular flexibility index (Phi) is 5.44. The zero-order chi connectivity index (χ0) is 18.7. The lowest BCUT2D eigenvalue weighted by Gasteiger charge is -2.06. The standard InChI is InChI=1S/C19H12BrClO5/c1-24-19(23)14-15(21)17(20)26-16(14)11-7-9-13(10-8-11)25-18(22)12-5-3-2-4-6-12/h2-10H,1H3. The number of benzene rings is 2. The van der Waals surface area contributed by atoms with Crippen LogP contribution in [-0.4, -0.2) is 19.0 Å². The maximum absolute atomic E-state index is 12.1. The molecule has 0 fully saturated rings. The van der Waals surface area contributed by atoms with Gasteiger partial charge in [0.15, 0.2) is 10.4 Å². The van der Waals surface area contributed by atoms with E-state index >= 15 is 0 Å². The highest BCUT2D eigenvalue weighted by molar-refractivity contribution is 9.10. The Bertz CT molecular complexity index is 948. The monoisotopic (exact) mass is 434 g/mol. The molecule has 132 valence electrons. The lowest BCUT2D eigenvalue weighted by atomic mass is 10.1. The van der Waals surface area contributed by atoms with Crippen molar-refractivity contribution < 1.29 is 23.5 Å². The first-order chi connectivity index (χ1) is 12.5. The van der Waals surface area contributed by atoms with Crippen LogP contribution >= 0.6 is 27.5 Å². The van der Waals surface area contributed by atoms with Gasteiger partial charge in [0.1, 0.15) is 16.3 Å². The van der Waals surface area contributed by atoms with Crippen molar-refractivity contribution in [2.75, 3.05) is 7.11 Å². The van der Waals surface area contributed by atoms with Gasteiger partial charge in [0.05, 0.1) is 12.7 Å². The van der Waals surface area contributed by atoms with Crippen molar-refractivity contribution in [3.63, 3.8) is 0 Å². The maximum atomic E-state index is 12.1. The molecule has 0 aliphatic heterocycles. The molecule has 0 spiro atoms. The Morgan fingerprint density at radius 3 is 2.27 bits per heavy atom. The lowest BCUT2D eigenvalue weighted by Crippen LogP contribution is -2.08. The Morgan fingerprint density at radius 2 is 1.65 bits per heavy atom. The second-order valence-corrected chi connectivity index (χ2v) is 6.26. The molecule has 5 nitrogen and oxygen atoms in total. The van der Waals surface area contributed by atoms with Crippen LogP contribution in [0.15, 0.2) is 63.7 Å². The van der Waals surface area contributed by atoms with Crippen LogP contribution in [0.1, 0.15) is 20.7 Å². The minimum atomic E-state index is -0.612. The Labute approximate surface area is 162 Å². The van der Waals surface area contributed by atoms with Crippen LogP contribution in [0.5, 0.6) is 5.75 Å². The first-order valence-corrected chi connectivity index (χ1v) is 8.62. The van der Waals surface area contributed by atoms with Crippen molar-refractivity contribution >= 4 is 39.5 Å². The number of carbonyl (C=O) groups excluding carboxylic acids is 2. The van der Waals surface area contributed by atoms with E-state index in [1.165, 1.54) is 7.11 Å². The number of halogens is 2. The second kappa shape index (κ2) is 7.76. The molecule has 0 saturated heterocycles. The molecule has 3 rings (SSSR count). The molecule has 0 aliphatic carbocycles. The third kappa shape index (κ3) is 3.66. The predicted molar refractivity (Wildman–Crippen MR) is 99.6 cm³/mol. The number of hydrogen-bond acceptors (Lipinski definition) is 5. The summed E-state index contributed by atoms with van der Waals surface area (Å²) in [5.74, 6) is -0.454. The lowest BCUT2D eigenvalue weighted by molar-refractivity contribution is 0.0600. The summed E-state index contributed by atoms with van der Waals surface area (Å²) in [6.07, 6.45) is 0. The van der Waals surface area contributed by atoms with Gasteiger partial charge in [-0.15, -0.1) is 0 Å². The summed E-state index contributed by atoms with van der Waals surface area (Å²) < 4.78 is 15.8. The minimum Gasteiger partial charge on any atom is -0.465 e. The number of esters is 2. The molecular formula is C19H12BrClO5. The van der Waals surface area contributed by atoms with E-state index in [1.54, 1.807) is 48.5 Å². The average molecular weight is 436 g/mol. The minimum absolute atomic E-state index is 0.120. The molecule has 7 heteroatoms. The van der Waals surface area contributed by atoms with Crippen molar-refractivity contribution in [1.82, 2.24) is 0 Å². The van der Waals surface area contributed by atoms with Gasteiger partial charge < -0.3 is 13.9 Å². The molecule has 0 atom stereocenters. The molecule has 0 unspecified atom stereocenters. The van der Waals surface area contributed by atoms with Gasteiger partial charge in [0.2, 0.25) is 0 Å². The van der Waals surface area contributed by atoms with Crippen molar-refractivity contribution in [3.05, 3.63) is 75.4 Å². The number of hydrogen-bond donors (Lipinski definition) is 0. The fourth-order valence-electron chi connectivity index (χ4n) is 2.29. The molecule has 0 N–H and O–H groups in total. The summed E-state index contributed by atoms with van der Waals surface area (Å²) >= 11 is 9.25. The quantitative estimate of drug-likeness (QED) is 0.407. The van der Waals surface area contributed by atoms with Gasteiger partial charge in [-0.3, -0.25) is 0 Å². The highest BCUT2D eigenvalue weighted by atomic mass is 79.9. The van der Waals surface area contributed by atoms with Crippen LogP contribution in [-0.2, 0) is 4.74 Å². The van der Waals surface area contributed by atoms with Crippen LogP contribution < -0.4 is 4.74 Å². The highest BCUT2D eigenvalue weighted by Gasteiger charge is 2.25. The summed E-state index contributed by atoms with van der Waals surface area (Å²) in [6.45, 7) is 0. The van der Waals surface area contributed by atoms with Crippen LogP contribution in [0, 0.1) is 0 Å². The van der Waals surface area contributed by atoms with Crippen molar-refractivity contribution in [2.45, 2.75) is 0 Å². The van der Waals surface area contributed by atoms with Crippen LogP contribution in [0.25, 0.3) is 11.3 Å². The smallest absolute Gasteiger partial charge is 0.343 e. The summed E-state index contributed by atoms with van der Waals surface area (Å²) in [7, 11) is 1.26. The molecule has 0 bridgehead atoms. The van der Waals surface area contributed by atoms with Gasteiger partial charge in [-0.2, -0.15) is 0 Å². The molecule has 2 aromatic carbocycles. The van der Waals surface area contributed by atoms with E-state index in [0.29, 0.717) is 16.9 Å². The van der Waals surface area contributed by atoms with Gasteiger partial charge in [-0.05, 0) is 52.3 Å². The summed E-state index contributed by atoms with van der Waals surface area (Å²) in [6, 6.07) is 15.2. The third-order valence-electron chi connectivity index (χ3n) is 3.54. The van der Waals surface area contributed by atoms with Gasteiger partial charge in [0, 0.05) is 5.56 Å². The van der Waals surface area contributed by atoms with Gasteiger partial charge >= 0.3 is 11.9 Å². The molecule has 0 radical (unpaired) electrons. The fourth-order valence-corrected chi connectivity index (χ4v) is 2.85. The first-order valence-electron chi connectivity index (χ1n) is 7.45. The van der Waals surface area contributed by atoms with E-state index in [9.17, 15) is 9.59 Å². The summed E-state index contributed by atoms with van der Waals surface area (Å²) in [4.78, 5) is 24.0. The third-order valence-corrected chi connectivity index (χ3v) is 4.68. The second-order valence-electron chi connectivity index (χ2n) is 5.17. The number of carbonyl (C=O) groups is 2. The van der Waals surface area contributed by atoms with Crippen LogP contribution in [0.2, 0.25) is 5.02 Å². The molecule has 3 aromatic rings. The molecule has 1 aromatic heterocycles. The van der Waals surface area contributed by atoms with Crippen molar-refractivity contribution in [1.29, 1.82) is 0 Å². The Balaban J connectivity index is 1.86. The Hall–Kier alpha value is -2.57. The number of furan rings is 1. The number of rotatable bonds is 4. The van der Waals surface area contributed by atoms with Crippen molar-refractivity contribution in [3.8, 4) is 17.1 Å². The average Bonchev–Trinajstić information content (AvgIpc) is 2.97. The molecular weight excluding hydrogens is 424 g/mol. The predicted octanol–water partition coefficient (Wildman–Crippen LogP) is 5.37. The van der Waals surface area contributed by atoms with Crippen LogP contribution in [0.4, 0.5) is 0 Å². The topological polar surface area (TPSA) is 65.7 Å². The van der Waals surface area contributed by atoms with Gasteiger partial charge in [-0.25, -0.2) is 9.59 Å². The van der Waals surface area contributed by atoms with E-state index in [4.69, 9.17) is 25.5 Å². The number of methoxy groups -OCH3 is 1. The zero-order valence-electron chi connectivity index (χ0n) is 13.5. The SMILES string of the molecule is COC(=O)c1c(-c2ccc(OC(=O)c3ccccc3)cc2)oc(Br)c1Cl. The normalized spacial score (nSPS) is 10.4. The molecule has 1 heterocycles. The van der Waals surface area contributed by atoms with E-state index in [2.05, 4.69) is 15.9 Å². The van der Waals surface area contributed by atoms with Gasteiger partial charge in [0.25, 0.3) is 0 Å². The van der Waals surface area contributed by atoms with E-state index in [-0.39, 0.29) is 21.0 Å². The van der Waals surface area contributed by atoms with Crippen molar-refractivity contribution in [2.24, 2.45) is 0 Å². The van der Waals surface area contributed by atoms with E-state index in [1.807, 2.05) is 6.07 Å². The zero-order valence-corrected chi connectivity index (χ0v) is 15.8. The number of ether oxygens (including phenoxy) is 2. The fraction of sp³-hybridized carbons (Fsp3) is 0.0526.